The van der Waals surface area contributed by atoms with Gasteiger partial charge < -0.3 is 19.9 Å². The van der Waals surface area contributed by atoms with E-state index in [1.165, 1.54) is 5.56 Å². The monoisotopic (exact) mass is 267 g/mol. The highest BCUT2D eigenvalue weighted by Gasteiger charge is 1.96. The second kappa shape index (κ2) is 9.78. The number of ether oxygens (including phenoxy) is 3. The molecule has 0 aliphatic carbocycles. The van der Waals surface area contributed by atoms with Crippen molar-refractivity contribution >= 4 is 0 Å². The van der Waals surface area contributed by atoms with Crippen LogP contribution in [0.4, 0.5) is 0 Å². The fourth-order valence-corrected chi connectivity index (χ4v) is 1.58. The molecule has 0 aliphatic heterocycles. The summed E-state index contributed by atoms with van der Waals surface area (Å²) in [5.74, 6) is 0.864. The minimum Gasteiger partial charge on any atom is -0.491 e. The average molecular weight is 267 g/mol. The van der Waals surface area contributed by atoms with Gasteiger partial charge in [0.1, 0.15) is 12.4 Å². The van der Waals surface area contributed by atoms with Crippen LogP contribution in [0.1, 0.15) is 19.4 Å². The van der Waals surface area contributed by atoms with E-state index in [1.54, 1.807) is 0 Å². The Bertz CT molecular complexity index is 325. The summed E-state index contributed by atoms with van der Waals surface area (Å²) < 4.78 is 16.3. The molecule has 0 heterocycles. The Hall–Kier alpha value is -1.10. The van der Waals surface area contributed by atoms with Gasteiger partial charge in [0.2, 0.25) is 0 Å². The molecule has 0 bridgehead atoms. The van der Waals surface area contributed by atoms with Gasteiger partial charge in [0.25, 0.3) is 0 Å². The van der Waals surface area contributed by atoms with Crippen molar-refractivity contribution in [2.45, 2.75) is 26.4 Å². The molecule has 0 aliphatic rings. The molecule has 0 fully saturated rings. The molecule has 108 valence electrons. The van der Waals surface area contributed by atoms with Crippen LogP contribution in [0.25, 0.3) is 0 Å². The Kier molecular flexibility index (Phi) is 8.21. The third kappa shape index (κ3) is 7.82. The molecule has 0 saturated carbocycles. The predicted octanol–water partition coefficient (Wildman–Crippen LogP) is 2.01. The van der Waals surface area contributed by atoms with Crippen LogP contribution in [0.15, 0.2) is 24.3 Å². The summed E-state index contributed by atoms with van der Waals surface area (Å²) in [6.45, 7) is 7.06. The summed E-state index contributed by atoms with van der Waals surface area (Å²) in [6.07, 6.45) is 1.16. The van der Waals surface area contributed by atoms with Gasteiger partial charge in [-0.2, -0.15) is 0 Å². The summed E-state index contributed by atoms with van der Waals surface area (Å²) >= 11 is 0. The number of benzene rings is 1. The minimum absolute atomic E-state index is 0.256. The zero-order valence-electron chi connectivity index (χ0n) is 11.9. The van der Waals surface area contributed by atoms with Crippen LogP contribution in [0.2, 0.25) is 0 Å². The number of rotatable bonds is 10. The Labute approximate surface area is 115 Å². The summed E-state index contributed by atoms with van der Waals surface area (Å²) in [5, 5.41) is 0. The standard InChI is InChI=1S/C15H25NO3/c1-13(2)18-11-9-17-10-12-19-15-5-3-14(4-6-15)7-8-16/h3-6,13H,7-12,16H2,1-2H3. The molecule has 1 aromatic rings. The lowest BCUT2D eigenvalue weighted by atomic mass is 10.1. The van der Waals surface area contributed by atoms with Crippen molar-refractivity contribution in [2.24, 2.45) is 5.73 Å². The number of nitrogens with two attached hydrogens (primary N) is 1. The molecule has 0 saturated heterocycles. The highest BCUT2D eigenvalue weighted by atomic mass is 16.5. The van der Waals surface area contributed by atoms with Crippen LogP contribution in [-0.4, -0.2) is 39.1 Å². The fourth-order valence-electron chi connectivity index (χ4n) is 1.58. The van der Waals surface area contributed by atoms with E-state index in [2.05, 4.69) is 0 Å². The quantitative estimate of drug-likeness (QED) is 0.659. The van der Waals surface area contributed by atoms with E-state index in [4.69, 9.17) is 19.9 Å². The molecule has 1 rings (SSSR count). The first-order chi connectivity index (χ1) is 9.22. The average Bonchev–Trinajstić information content (AvgIpc) is 2.39. The van der Waals surface area contributed by atoms with Crippen molar-refractivity contribution in [1.29, 1.82) is 0 Å². The van der Waals surface area contributed by atoms with Crippen molar-refractivity contribution in [3.8, 4) is 5.75 Å². The molecule has 0 atom stereocenters. The highest BCUT2D eigenvalue weighted by Crippen LogP contribution is 2.12. The van der Waals surface area contributed by atoms with E-state index in [0.717, 1.165) is 12.2 Å². The molecule has 0 radical (unpaired) electrons. The van der Waals surface area contributed by atoms with E-state index in [9.17, 15) is 0 Å². The molecule has 2 N–H and O–H groups in total. The van der Waals surface area contributed by atoms with Crippen LogP contribution in [0.3, 0.4) is 0 Å². The van der Waals surface area contributed by atoms with Gasteiger partial charge in [-0.3, -0.25) is 0 Å². The molecule has 19 heavy (non-hydrogen) atoms. The summed E-state index contributed by atoms with van der Waals surface area (Å²) in [4.78, 5) is 0. The highest BCUT2D eigenvalue weighted by molar-refractivity contribution is 5.27. The first-order valence-electron chi connectivity index (χ1n) is 6.83. The first-order valence-corrected chi connectivity index (χ1v) is 6.83. The second-order valence-corrected chi connectivity index (χ2v) is 4.56. The largest absolute Gasteiger partial charge is 0.491 e. The predicted molar refractivity (Wildman–Crippen MR) is 76.6 cm³/mol. The van der Waals surface area contributed by atoms with Gasteiger partial charge in [-0.25, -0.2) is 0 Å². The van der Waals surface area contributed by atoms with Gasteiger partial charge in [-0.05, 0) is 44.5 Å². The Balaban J connectivity index is 2.05. The maximum absolute atomic E-state index is 5.57. The fraction of sp³-hybridized carbons (Fsp3) is 0.600. The molecular formula is C15H25NO3. The molecule has 1 aromatic carbocycles. The van der Waals surface area contributed by atoms with Crippen molar-refractivity contribution in [1.82, 2.24) is 0 Å². The van der Waals surface area contributed by atoms with Crippen LogP contribution in [0.5, 0.6) is 5.75 Å². The minimum atomic E-state index is 0.256. The summed E-state index contributed by atoms with van der Waals surface area (Å²) in [7, 11) is 0. The maximum Gasteiger partial charge on any atom is 0.119 e. The second-order valence-electron chi connectivity index (χ2n) is 4.56. The molecule has 4 nitrogen and oxygen atoms in total. The van der Waals surface area contributed by atoms with E-state index in [0.29, 0.717) is 33.0 Å². The normalized spacial score (nSPS) is 10.9. The third-order valence-corrected chi connectivity index (χ3v) is 2.53. The van der Waals surface area contributed by atoms with Crippen molar-refractivity contribution < 1.29 is 14.2 Å². The van der Waals surface area contributed by atoms with Gasteiger partial charge in [0.05, 0.1) is 25.9 Å². The van der Waals surface area contributed by atoms with Gasteiger partial charge in [-0.15, -0.1) is 0 Å². The van der Waals surface area contributed by atoms with Gasteiger partial charge in [0.15, 0.2) is 0 Å². The lowest BCUT2D eigenvalue weighted by Crippen LogP contribution is -2.13. The third-order valence-electron chi connectivity index (χ3n) is 2.53. The Morgan fingerprint density at radius 1 is 1.00 bits per heavy atom. The molecule has 0 amide bonds. The van der Waals surface area contributed by atoms with Crippen molar-refractivity contribution in [3.05, 3.63) is 29.8 Å². The van der Waals surface area contributed by atoms with Crippen LogP contribution < -0.4 is 10.5 Å². The maximum atomic E-state index is 5.57. The first kappa shape index (κ1) is 16.0. The van der Waals surface area contributed by atoms with E-state index in [-0.39, 0.29) is 6.10 Å². The van der Waals surface area contributed by atoms with Crippen LogP contribution in [-0.2, 0) is 15.9 Å². The van der Waals surface area contributed by atoms with Crippen LogP contribution in [0, 0.1) is 0 Å². The van der Waals surface area contributed by atoms with E-state index < -0.39 is 0 Å². The van der Waals surface area contributed by atoms with Crippen molar-refractivity contribution in [3.63, 3.8) is 0 Å². The molecule has 4 heteroatoms. The zero-order chi connectivity index (χ0) is 13.9. The Morgan fingerprint density at radius 2 is 1.68 bits per heavy atom. The lowest BCUT2D eigenvalue weighted by Gasteiger charge is -2.09. The number of hydrogen-bond donors (Lipinski definition) is 1. The van der Waals surface area contributed by atoms with Crippen LogP contribution >= 0.6 is 0 Å². The number of hydrogen-bond acceptors (Lipinski definition) is 4. The van der Waals surface area contributed by atoms with E-state index >= 15 is 0 Å². The summed E-state index contributed by atoms with van der Waals surface area (Å²) in [6, 6.07) is 8.01. The zero-order valence-corrected chi connectivity index (χ0v) is 11.9. The molecular weight excluding hydrogens is 242 g/mol. The van der Waals surface area contributed by atoms with Gasteiger partial charge in [-0.1, -0.05) is 12.1 Å². The van der Waals surface area contributed by atoms with Gasteiger partial charge in [0, 0.05) is 0 Å². The molecule has 0 spiro atoms. The Morgan fingerprint density at radius 3 is 2.32 bits per heavy atom. The van der Waals surface area contributed by atoms with Gasteiger partial charge >= 0.3 is 0 Å². The summed E-state index contributed by atoms with van der Waals surface area (Å²) in [5.41, 5.74) is 6.73. The van der Waals surface area contributed by atoms with Crippen molar-refractivity contribution in [2.75, 3.05) is 33.0 Å². The van der Waals surface area contributed by atoms with E-state index in [1.807, 2.05) is 38.1 Å². The lowest BCUT2D eigenvalue weighted by molar-refractivity contribution is 0.0124. The molecule has 0 aromatic heterocycles. The molecule has 0 unspecified atom stereocenters. The topological polar surface area (TPSA) is 53.7 Å². The smallest absolute Gasteiger partial charge is 0.119 e. The SMILES string of the molecule is CC(C)OCCOCCOc1ccc(CCN)cc1.